The highest BCUT2D eigenvalue weighted by molar-refractivity contribution is 5.89. The number of carbonyl (C=O) groups is 1. The zero-order chi connectivity index (χ0) is 13.0. The highest BCUT2D eigenvalue weighted by Gasteiger charge is 2.04. The van der Waals surface area contributed by atoms with Crippen molar-refractivity contribution in [1.29, 1.82) is 0 Å². The van der Waals surface area contributed by atoms with Crippen LogP contribution in [0.2, 0.25) is 0 Å². The molecule has 5 nitrogen and oxygen atoms in total. The standard InChI is InChI=1S/C12H10FN3O2/c13-9-3-1-8(2-4-9)7-14-10-5-6-15-16-11(10)12(17)18/h1-6H,7H2,(H,14,15)(H,17,18)/p-1. The Bertz CT molecular complexity index is 558. The van der Waals surface area contributed by atoms with Gasteiger partial charge in [-0.25, -0.2) is 4.39 Å². The highest BCUT2D eigenvalue weighted by atomic mass is 19.1. The number of nitrogens with zero attached hydrogens (tertiary/aromatic N) is 2. The van der Waals surface area contributed by atoms with E-state index in [0.29, 0.717) is 12.2 Å². The number of hydrogen-bond donors (Lipinski definition) is 1. The van der Waals surface area contributed by atoms with Gasteiger partial charge in [-0.1, -0.05) is 12.1 Å². The number of carboxylic acids is 1. The molecule has 0 spiro atoms. The lowest BCUT2D eigenvalue weighted by Gasteiger charge is -2.10. The van der Waals surface area contributed by atoms with Crippen LogP contribution in [-0.2, 0) is 6.54 Å². The summed E-state index contributed by atoms with van der Waals surface area (Å²) in [6.07, 6.45) is 1.37. The molecule has 1 aromatic heterocycles. The zero-order valence-corrected chi connectivity index (χ0v) is 9.26. The monoisotopic (exact) mass is 246 g/mol. The molecule has 18 heavy (non-hydrogen) atoms. The van der Waals surface area contributed by atoms with Crippen LogP contribution in [0.1, 0.15) is 16.1 Å². The van der Waals surface area contributed by atoms with Gasteiger partial charge in [0.05, 0.1) is 17.9 Å². The maximum Gasteiger partial charge on any atom is 0.131 e. The third kappa shape index (κ3) is 2.79. The van der Waals surface area contributed by atoms with E-state index in [1.54, 1.807) is 12.1 Å². The Hall–Kier alpha value is -2.50. The van der Waals surface area contributed by atoms with E-state index in [1.165, 1.54) is 24.4 Å². The summed E-state index contributed by atoms with van der Waals surface area (Å²) >= 11 is 0. The minimum absolute atomic E-state index is 0.250. The summed E-state index contributed by atoms with van der Waals surface area (Å²) < 4.78 is 12.7. The first-order valence-corrected chi connectivity index (χ1v) is 5.18. The topological polar surface area (TPSA) is 77.9 Å². The summed E-state index contributed by atoms with van der Waals surface area (Å²) in [6.45, 7) is 0.353. The fourth-order valence-electron chi connectivity index (χ4n) is 1.42. The third-order valence-electron chi connectivity index (χ3n) is 2.31. The van der Waals surface area contributed by atoms with Gasteiger partial charge in [0.2, 0.25) is 0 Å². The van der Waals surface area contributed by atoms with Crippen molar-refractivity contribution in [3.8, 4) is 0 Å². The van der Waals surface area contributed by atoms with Crippen molar-refractivity contribution < 1.29 is 14.3 Å². The van der Waals surface area contributed by atoms with Crippen LogP contribution >= 0.6 is 0 Å². The Kier molecular flexibility index (Phi) is 3.47. The maximum atomic E-state index is 12.7. The first-order chi connectivity index (χ1) is 8.66. The van der Waals surface area contributed by atoms with Crippen LogP contribution in [0.4, 0.5) is 10.1 Å². The van der Waals surface area contributed by atoms with E-state index < -0.39 is 5.97 Å². The van der Waals surface area contributed by atoms with Crippen LogP contribution in [0.15, 0.2) is 36.5 Å². The van der Waals surface area contributed by atoms with E-state index in [9.17, 15) is 14.3 Å². The predicted molar refractivity (Wildman–Crippen MR) is 60.1 cm³/mol. The Morgan fingerprint density at radius 2 is 2.00 bits per heavy atom. The summed E-state index contributed by atoms with van der Waals surface area (Å²) in [4.78, 5) is 10.8. The van der Waals surface area contributed by atoms with Gasteiger partial charge in [-0.2, -0.15) is 5.10 Å². The predicted octanol–water partition coefficient (Wildman–Crippen LogP) is 0.591. The van der Waals surface area contributed by atoms with Crippen LogP contribution < -0.4 is 10.4 Å². The lowest BCUT2D eigenvalue weighted by Crippen LogP contribution is -2.25. The molecule has 0 bridgehead atoms. The number of hydrogen-bond acceptors (Lipinski definition) is 5. The number of anilines is 1. The second kappa shape index (κ2) is 5.22. The second-order valence-corrected chi connectivity index (χ2v) is 3.56. The normalized spacial score (nSPS) is 10.1. The first-order valence-electron chi connectivity index (χ1n) is 5.18. The molecule has 0 unspecified atom stereocenters. The van der Waals surface area contributed by atoms with Gasteiger partial charge < -0.3 is 15.2 Å². The van der Waals surface area contributed by atoms with E-state index in [-0.39, 0.29) is 11.5 Å². The minimum Gasteiger partial charge on any atom is -0.543 e. The van der Waals surface area contributed by atoms with Gasteiger partial charge in [-0.05, 0) is 23.8 Å². The quantitative estimate of drug-likeness (QED) is 0.854. The van der Waals surface area contributed by atoms with E-state index in [2.05, 4.69) is 15.5 Å². The molecule has 0 amide bonds. The minimum atomic E-state index is -1.40. The number of carbonyl (C=O) groups excluding carboxylic acids is 1. The van der Waals surface area contributed by atoms with Crippen LogP contribution in [-0.4, -0.2) is 16.2 Å². The van der Waals surface area contributed by atoms with E-state index in [1.807, 2.05) is 0 Å². The molecule has 0 aliphatic rings. The molecule has 92 valence electrons. The van der Waals surface area contributed by atoms with Crippen LogP contribution in [0, 0.1) is 5.82 Å². The third-order valence-corrected chi connectivity index (χ3v) is 2.31. The molecule has 0 fully saturated rings. The lowest BCUT2D eigenvalue weighted by atomic mass is 10.2. The first kappa shape index (κ1) is 12.0. The smallest absolute Gasteiger partial charge is 0.131 e. The molecule has 0 saturated carbocycles. The number of aromatic nitrogens is 2. The number of rotatable bonds is 4. The largest absolute Gasteiger partial charge is 0.543 e. The number of carboxylic acid groups (broad SMARTS) is 1. The lowest BCUT2D eigenvalue weighted by molar-refractivity contribution is -0.255. The number of benzene rings is 1. The fraction of sp³-hybridized carbons (Fsp3) is 0.0833. The molecule has 0 atom stereocenters. The molecule has 6 heteroatoms. The van der Waals surface area contributed by atoms with Crippen molar-refractivity contribution in [2.45, 2.75) is 6.54 Å². The van der Waals surface area contributed by atoms with Crippen molar-refractivity contribution >= 4 is 11.7 Å². The SMILES string of the molecule is O=C([O-])c1nnccc1NCc1ccc(F)cc1. The Morgan fingerprint density at radius 3 is 2.67 bits per heavy atom. The summed E-state index contributed by atoms with van der Waals surface area (Å²) in [5.74, 6) is -1.72. The van der Waals surface area contributed by atoms with Crippen LogP contribution in [0.5, 0.6) is 0 Å². The molecular weight excluding hydrogens is 237 g/mol. The van der Waals surface area contributed by atoms with E-state index >= 15 is 0 Å². The van der Waals surface area contributed by atoms with Gasteiger partial charge >= 0.3 is 0 Å². The summed E-state index contributed by atoms with van der Waals surface area (Å²) in [5, 5.41) is 20.6. The average molecular weight is 246 g/mol. The van der Waals surface area contributed by atoms with Crippen molar-refractivity contribution in [2.24, 2.45) is 0 Å². The van der Waals surface area contributed by atoms with Gasteiger partial charge in [-0.15, -0.1) is 5.10 Å². The molecule has 2 rings (SSSR count). The van der Waals surface area contributed by atoms with E-state index in [0.717, 1.165) is 5.56 Å². The van der Waals surface area contributed by atoms with Gasteiger partial charge in [0.1, 0.15) is 11.5 Å². The number of halogens is 1. The Balaban J connectivity index is 2.10. The summed E-state index contributed by atoms with van der Waals surface area (Å²) in [5.41, 5.74) is 0.881. The Morgan fingerprint density at radius 1 is 1.28 bits per heavy atom. The van der Waals surface area contributed by atoms with Crippen molar-refractivity contribution in [3.05, 3.63) is 53.6 Å². The molecule has 1 heterocycles. The van der Waals surface area contributed by atoms with Crippen molar-refractivity contribution in [2.75, 3.05) is 5.32 Å². The zero-order valence-electron chi connectivity index (χ0n) is 9.26. The Labute approximate surface area is 102 Å². The molecule has 0 aliphatic heterocycles. The summed E-state index contributed by atoms with van der Waals surface area (Å²) in [6, 6.07) is 7.37. The molecule has 1 N–H and O–H groups in total. The fourth-order valence-corrected chi connectivity index (χ4v) is 1.42. The molecule has 0 radical (unpaired) electrons. The maximum absolute atomic E-state index is 12.7. The molecule has 2 aromatic rings. The van der Waals surface area contributed by atoms with E-state index in [4.69, 9.17) is 0 Å². The highest BCUT2D eigenvalue weighted by Crippen LogP contribution is 2.12. The number of nitrogens with one attached hydrogen (secondary N) is 1. The van der Waals surface area contributed by atoms with Crippen LogP contribution in [0.25, 0.3) is 0 Å². The molecular formula is C12H9FN3O2-. The second-order valence-electron chi connectivity index (χ2n) is 3.56. The number of aromatic carboxylic acids is 1. The average Bonchev–Trinajstić information content (AvgIpc) is 2.38. The van der Waals surface area contributed by atoms with Gasteiger partial charge in [0.15, 0.2) is 0 Å². The van der Waals surface area contributed by atoms with Crippen molar-refractivity contribution in [3.63, 3.8) is 0 Å². The van der Waals surface area contributed by atoms with Crippen LogP contribution in [0.3, 0.4) is 0 Å². The molecule has 0 aliphatic carbocycles. The molecule has 0 saturated heterocycles. The van der Waals surface area contributed by atoms with Gasteiger partial charge in [-0.3, -0.25) is 0 Å². The van der Waals surface area contributed by atoms with Crippen molar-refractivity contribution in [1.82, 2.24) is 10.2 Å². The summed E-state index contributed by atoms with van der Waals surface area (Å²) in [7, 11) is 0. The van der Waals surface area contributed by atoms with Gasteiger partial charge in [0, 0.05) is 6.54 Å². The molecule has 1 aromatic carbocycles. The van der Waals surface area contributed by atoms with Gasteiger partial charge in [0.25, 0.3) is 0 Å².